The molecule has 0 saturated carbocycles. The number of hydrogen-bond donors (Lipinski definition) is 2. The van der Waals surface area contributed by atoms with Crippen LogP contribution in [-0.4, -0.2) is 33.1 Å². The number of aliphatic hydroxyl groups is 1. The van der Waals surface area contributed by atoms with Crippen LogP contribution in [-0.2, 0) is 9.59 Å². The van der Waals surface area contributed by atoms with E-state index in [-0.39, 0.29) is 11.7 Å². The van der Waals surface area contributed by atoms with Crippen LogP contribution in [0.5, 0.6) is 0 Å². The van der Waals surface area contributed by atoms with E-state index in [2.05, 4.69) is 43.3 Å². The van der Waals surface area contributed by atoms with Crippen molar-refractivity contribution in [2.24, 2.45) is 17.3 Å². The molecule has 186 valence electrons. The van der Waals surface area contributed by atoms with Gasteiger partial charge in [0.25, 0.3) is 0 Å². The molecule has 0 radical (unpaired) electrons. The van der Waals surface area contributed by atoms with Gasteiger partial charge in [-0.3, -0.25) is 9.59 Å². The summed E-state index contributed by atoms with van der Waals surface area (Å²) in [4.78, 5) is 28.2. The van der Waals surface area contributed by atoms with E-state index >= 15 is 0 Å². The zero-order chi connectivity index (χ0) is 25.2. The van der Waals surface area contributed by atoms with E-state index in [0.29, 0.717) is 5.92 Å². The number of Topliss-reactive ketones (excluding diaryl/α,β-unsaturated/α-hetero) is 1. The molecule has 33 heavy (non-hydrogen) atoms. The summed E-state index contributed by atoms with van der Waals surface area (Å²) in [5, 5.41) is 22.3. The maximum Gasteiger partial charge on any atom is 0.306 e. The van der Waals surface area contributed by atoms with Gasteiger partial charge in [0.2, 0.25) is 0 Å². The van der Waals surface area contributed by atoms with Gasteiger partial charge in [0.15, 0.2) is 0 Å². The van der Waals surface area contributed by atoms with Gasteiger partial charge in [0.1, 0.15) is 5.78 Å². The van der Waals surface area contributed by atoms with Crippen molar-refractivity contribution in [1.82, 2.24) is 4.98 Å². The average Bonchev–Trinajstić information content (AvgIpc) is 3.11. The molecule has 5 nitrogen and oxygen atoms in total. The standard InChI is InChI=1S/C27H43NO4S/c1-18(11-9-13-20(3)15-23-17-33-22(5)28-23)10-8-12-19(2)14-21(4)26(32)27(6,7)24(29)16-25(30)31/h11,15,17,19,21,24,29H,8-10,12-14,16H2,1-7H3,(H,30,31)/b18-11-,20-15+. The van der Waals surface area contributed by atoms with Gasteiger partial charge in [0.05, 0.1) is 28.6 Å². The molecule has 1 heterocycles. The highest BCUT2D eigenvalue weighted by molar-refractivity contribution is 7.09. The average molecular weight is 478 g/mol. The summed E-state index contributed by atoms with van der Waals surface area (Å²) in [5.74, 6) is -0.953. The first-order valence-corrected chi connectivity index (χ1v) is 12.9. The molecule has 0 saturated heterocycles. The van der Waals surface area contributed by atoms with Gasteiger partial charge in [0, 0.05) is 11.3 Å². The molecule has 1 rings (SSSR count). The number of carbonyl (C=O) groups is 2. The van der Waals surface area contributed by atoms with Crippen molar-refractivity contribution >= 4 is 29.2 Å². The van der Waals surface area contributed by atoms with Crippen LogP contribution in [0.4, 0.5) is 0 Å². The largest absolute Gasteiger partial charge is 0.481 e. The van der Waals surface area contributed by atoms with Gasteiger partial charge in [-0.25, -0.2) is 4.98 Å². The Hall–Kier alpha value is -1.79. The lowest BCUT2D eigenvalue weighted by atomic mass is 9.74. The van der Waals surface area contributed by atoms with Crippen molar-refractivity contribution < 1.29 is 19.8 Å². The number of carboxylic acids is 1. The Morgan fingerprint density at radius 2 is 1.85 bits per heavy atom. The van der Waals surface area contributed by atoms with Crippen LogP contribution in [0.15, 0.2) is 22.6 Å². The normalized spacial score (nSPS) is 15.9. The summed E-state index contributed by atoms with van der Waals surface area (Å²) in [6.45, 7) is 13.7. The number of allylic oxidation sites excluding steroid dienone is 3. The fraction of sp³-hybridized carbons (Fsp3) is 0.667. The van der Waals surface area contributed by atoms with Gasteiger partial charge in [-0.1, -0.05) is 51.3 Å². The number of rotatable bonds is 15. The minimum Gasteiger partial charge on any atom is -0.481 e. The predicted molar refractivity (Wildman–Crippen MR) is 137 cm³/mol. The van der Waals surface area contributed by atoms with Gasteiger partial charge >= 0.3 is 5.97 Å². The van der Waals surface area contributed by atoms with E-state index in [9.17, 15) is 14.7 Å². The molecule has 0 spiro atoms. The molecule has 3 unspecified atom stereocenters. The van der Waals surface area contributed by atoms with Crippen molar-refractivity contribution in [3.63, 3.8) is 0 Å². The topological polar surface area (TPSA) is 87.5 Å². The van der Waals surface area contributed by atoms with Crippen LogP contribution in [0.25, 0.3) is 6.08 Å². The number of aryl methyl sites for hydroxylation is 1. The number of carbonyl (C=O) groups excluding carboxylic acids is 1. The third kappa shape index (κ3) is 10.8. The van der Waals surface area contributed by atoms with Crippen molar-refractivity contribution in [2.45, 2.75) is 99.5 Å². The number of aromatic nitrogens is 1. The lowest BCUT2D eigenvalue weighted by Crippen LogP contribution is -2.41. The maximum absolute atomic E-state index is 12.8. The van der Waals surface area contributed by atoms with Gasteiger partial charge in [-0.15, -0.1) is 11.3 Å². The van der Waals surface area contributed by atoms with Crippen molar-refractivity contribution in [2.75, 3.05) is 0 Å². The summed E-state index contributed by atoms with van der Waals surface area (Å²) < 4.78 is 0. The minimum absolute atomic E-state index is 0.0598. The van der Waals surface area contributed by atoms with Gasteiger partial charge in [-0.2, -0.15) is 0 Å². The molecule has 0 aliphatic heterocycles. The van der Waals surface area contributed by atoms with E-state index in [0.717, 1.165) is 49.2 Å². The van der Waals surface area contributed by atoms with E-state index in [1.807, 2.05) is 13.8 Å². The zero-order valence-corrected chi connectivity index (χ0v) is 22.3. The van der Waals surface area contributed by atoms with E-state index in [1.54, 1.807) is 25.2 Å². The lowest BCUT2D eigenvalue weighted by Gasteiger charge is -2.31. The second-order valence-electron chi connectivity index (χ2n) is 10.2. The third-order valence-electron chi connectivity index (χ3n) is 6.37. The highest BCUT2D eigenvalue weighted by Gasteiger charge is 2.39. The zero-order valence-electron chi connectivity index (χ0n) is 21.5. The Bertz CT molecular complexity index is 837. The molecule has 2 N–H and O–H groups in total. The smallest absolute Gasteiger partial charge is 0.306 e. The molecule has 0 aromatic carbocycles. The van der Waals surface area contributed by atoms with E-state index < -0.39 is 23.9 Å². The Morgan fingerprint density at radius 1 is 1.18 bits per heavy atom. The van der Waals surface area contributed by atoms with E-state index in [4.69, 9.17) is 5.11 Å². The van der Waals surface area contributed by atoms with Crippen LogP contribution in [0.3, 0.4) is 0 Å². The van der Waals surface area contributed by atoms with Crippen LogP contribution in [0.2, 0.25) is 0 Å². The number of aliphatic hydroxyl groups excluding tert-OH is 1. The molecule has 1 aromatic heterocycles. The Kier molecular flexibility index (Phi) is 12.2. The molecule has 0 aliphatic carbocycles. The fourth-order valence-electron chi connectivity index (χ4n) is 4.20. The van der Waals surface area contributed by atoms with Crippen molar-refractivity contribution in [1.29, 1.82) is 0 Å². The predicted octanol–water partition coefficient (Wildman–Crippen LogP) is 6.84. The maximum atomic E-state index is 12.8. The van der Waals surface area contributed by atoms with Crippen molar-refractivity contribution in [3.8, 4) is 0 Å². The Labute approximate surface area is 204 Å². The Balaban J connectivity index is 2.38. The fourth-order valence-corrected chi connectivity index (χ4v) is 4.77. The summed E-state index contributed by atoms with van der Waals surface area (Å²) in [6.07, 6.45) is 8.93. The second-order valence-corrected chi connectivity index (χ2v) is 11.3. The highest BCUT2D eigenvalue weighted by atomic mass is 32.1. The first-order chi connectivity index (χ1) is 15.3. The van der Waals surface area contributed by atoms with Gasteiger partial charge in [-0.05, 0) is 64.9 Å². The first kappa shape index (κ1) is 29.2. The quantitative estimate of drug-likeness (QED) is 0.270. The molecule has 0 bridgehead atoms. The summed E-state index contributed by atoms with van der Waals surface area (Å²) in [5.41, 5.74) is 2.74. The molecule has 0 aliphatic rings. The number of nitrogens with zero attached hydrogens (tertiary/aromatic N) is 1. The van der Waals surface area contributed by atoms with Crippen LogP contribution in [0.1, 0.15) is 97.2 Å². The second kappa shape index (κ2) is 13.8. The third-order valence-corrected chi connectivity index (χ3v) is 7.16. The molecule has 3 atom stereocenters. The summed E-state index contributed by atoms with van der Waals surface area (Å²) in [6, 6.07) is 0. The number of carboxylic acid groups (broad SMARTS) is 1. The molecule has 0 fully saturated rings. The number of thiazole rings is 1. The van der Waals surface area contributed by atoms with Crippen LogP contribution in [0, 0.1) is 24.2 Å². The lowest BCUT2D eigenvalue weighted by molar-refractivity contribution is -0.145. The highest BCUT2D eigenvalue weighted by Crippen LogP contribution is 2.31. The summed E-state index contributed by atoms with van der Waals surface area (Å²) >= 11 is 1.68. The minimum atomic E-state index is -1.17. The monoisotopic (exact) mass is 477 g/mol. The van der Waals surface area contributed by atoms with Crippen LogP contribution >= 0.6 is 11.3 Å². The number of aliphatic carboxylic acids is 1. The summed E-state index contributed by atoms with van der Waals surface area (Å²) in [7, 11) is 0. The number of hydrogen-bond acceptors (Lipinski definition) is 5. The Morgan fingerprint density at radius 3 is 2.42 bits per heavy atom. The first-order valence-electron chi connectivity index (χ1n) is 12.0. The van der Waals surface area contributed by atoms with Crippen molar-refractivity contribution in [3.05, 3.63) is 33.3 Å². The molecular weight excluding hydrogens is 434 g/mol. The van der Waals surface area contributed by atoms with E-state index in [1.165, 1.54) is 11.1 Å². The molecule has 6 heteroatoms. The molecule has 1 aromatic rings. The SMILES string of the molecule is C/C(=C/CC/C(C)=C/c1csc(C)n1)CCCC(C)CC(C)C(=O)C(C)(C)C(O)CC(=O)O. The van der Waals surface area contributed by atoms with Crippen LogP contribution < -0.4 is 0 Å². The number of ketones is 1. The molecule has 0 amide bonds. The molecular formula is C27H43NO4S. The van der Waals surface area contributed by atoms with Gasteiger partial charge < -0.3 is 10.2 Å².